The van der Waals surface area contributed by atoms with Gasteiger partial charge in [-0.15, -0.1) is 0 Å². The molecule has 1 aromatic carbocycles. The Morgan fingerprint density at radius 3 is 2.35 bits per heavy atom. The second-order valence-corrected chi connectivity index (χ2v) is 9.00. The van der Waals surface area contributed by atoms with E-state index in [0.717, 1.165) is 35.6 Å². The van der Waals surface area contributed by atoms with Crippen molar-refractivity contribution in [1.29, 1.82) is 0 Å². The van der Waals surface area contributed by atoms with E-state index in [1.807, 2.05) is 37.4 Å². The highest BCUT2D eigenvalue weighted by atomic mass is 16.1. The van der Waals surface area contributed by atoms with Crippen molar-refractivity contribution in [2.45, 2.75) is 38.5 Å². The molecule has 4 nitrogen and oxygen atoms in total. The summed E-state index contributed by atoms with van der Waals surface area (Å²) in [5, 5.41) is 7.63. The summed E-state index contributed by atoms with van der Waals surface area (Å²) in [7, 11) is 1.90. The monoisotopic (exact) mass is 349 g/mol. The lowest BCUT2D eigenvalue weighted by molar-refractivity contribution is -0.0503. The van der Waals surface area contributed by atoms with E-state index in [4.69, 9.17) is 0 Å². The van der Waals surface area contributed by atoms with E-state index in [1.54, 1.807) is 10.9 Å². The number of benzene rings is 1. The third-order valence-electron chi connectivity index (χ3n) is 7.02. The molecule has 1 amide bonds. The topological polar surface area (TPSA) is 46.9 Å². The van der Waals surface area contributed by atoms with Gasteiger partial charge in [0.05, 0.1) is 17.5 Å². The average molecular weight is 349 g/mol. The van der Waals surface area contributed by atoms with Gasteiger partial charge in [-0.05, 0) is 61.7 Å². The van der Waals surface area contributed by atoms with Crippen molar-refractivity contribution < 1.29 is 4.79 Å². The molecule has 4 aliphatic rings. The van der Waals surface area contributed by atoms with Crippen LogP contribution in [0.15, 0.2) is 36.5 Å². The van der Waals surface area contributed by atoms with Gasteiger partial charge in [-0.2, -0.15) is 5.10 Å². The lowest BCUT2D eigenvalue weighted by Crippen LogP contribution is -2.51. The normalized spacial score (nSPS) is 32.0. The third-order valence-corrected chi connectivity index (χ3v) is 7.02. The van der Waals surface area contributed by atoms with Gasteiger partial charge in [0.2, 0.25) is 0 Å². The predicted octanol–water partition coefficient (Wildman–Crippen LogP) is 4.03. The smallest absolute Gasteiger partial charge is 0.255 e. The van der Waals surface area contributed by atoms with Crippen molar-refractivity contribution in [2.75, 3.05) is 6.54 Å². The summed E-state index contributed by atoms with van der Waals surface area (Å²) in [6.07, 6.45) is 9.97. The van der Waals surface area contributed by atoms with Crippen LogP contribution in [0, 0.1) is 23.2 Å². The van der Waals surface area contributed by atoms with E-state index in [1.165, 1.54) is 38.5 Å². The minimum Gasteiger partial charge on any atom is -0.351 e. The quantitative estimate of drug-likeness (QED) is 0.906. The molecule has 0 radical (unpaired) electrons. The summed E-state index contributed by atoms with van der Waals surface area (Å²) in [4.78, 5) is 13.0. The lowest BCUT2D eigenvalue weighted by Gasteiger charge is -2.56. The number of aryl methyl sites for hydroxylation is 1. The number of hydrogen-bond acceptors (Lipinski definition) is 2. The zero-order valence-electron chi connectivity index (χ0n) is 15.4. The molecule has 4 heteroatoms. The number of carbonyl (C=O) groups is 1. The maximum absolute atomic E-state index is 13.0. The van der Waals surface area contributed by atoms with E-state index < -0.39 is 0 Å². The first-order valence-electron chi connectivity index (χ1n) is 9.97. The van der Waals surface area contributed by atoms with Gasteiger partial charge in [-0.3, -0.25) is 9.48 Å². The van der Waals surface area contributed by atoms with Crippen LogP contribution in [0.4, 0.5) is 0 Å². The molecule has 26 heavy (non-hydrogen) atoms. The van der Waals surface area contributed by atoms with Crippen LogP contribution in [0.25, 0.3) is 11.3 Å². The van der Waals surface area contributed by atoms with Crippen molar-refractivity contribution >= 4 is 5.91 Å². The summed E-state index contributed by atoms with van der Waals surface area (Å²) in [6, 6.07) is 10.1. The van der Waals surface area contributed by atoms with Gasteiger partial charge in [0, 0.05) is 19.2 Å². The minimum absolute atomic E-state index is 0.0210. The van der Waals surface area contributed by atoms with Crippen LogP contribution in [0.2, 0.25) is 0 Å². The summed E-state index contributed by atoms with van der Waals surface area (Å²) in [6.45, 7) is 0.832. The molecule has 1 aromatic heterocycles. The van der Waals surface area contributed by atoms with Crippen LogP contribution in [0.1, 0.15) is 48.9 Å². The molecule has 0 unspecified atom stereocenters. The SMILES string of the molecule is Cn1ncc(C(=O)NCC23CC4CC(CC(C4)C2)C3)c1-c1ccccc1. The van der Waals surface area contributed by atoms with E-state index in [-0.39, 0.29) is 5.91 Å². The molecule has 4 bridgehead atoms. The molecular formula is C22H27N3O. The Morgan fingerprint density at radius 1 is 1.12 bits per heavy atom. The number of rotatable bonds is 4. The summed E-state index contributed by atoms with van der Waals surface area (Å²) < 4.78 is 1.80. The van der Waals surface area contributed by atoms with Crippen molar-refractivity contribution in [3.05, 3.63) is 42.1 Å². The van der Waals surface area contributed by atoms with E-state index in [9.17, 15) is 4.79 Å². The fraction of sp³-hybridized carbons (Fsp3) is 0.545. The highest BCUT2D eigenvalue weighted by Gasteiger charge is 2.50. The number of amides is 1. The van der Waals surface area contributed by atoms with Crippen LogP contribution < -0.4 is 5.32 Å². The van der Waals surface area contributed by atoms with Crippen LogP contribution in [0.3, 0.4) is 0 Å². The van der Waals surface area contributed by atoms with Crippen LogP contribution >= 0.6 is 0 Å². The summed E-state index contributed by atoms with van der Waals surface area (Å²) in [5.41, 5.74) is 2.98. The molecule has 6 rings (SSSR count). The second kappa shape index (κ2) is 5.97. The highest BCUT2D eigenvalue weighted by molar-refractivity contribution is 5.99. The molecule has 2 aromatic rings. The Kier molecular flexibility index (Phi) is 3.70. The van der Waals surface area contributed by atoms with Crippen molar-refractivity contribution in [3.8, 4) is 11.3 Å². The second-order valence-electron chi connectivity index (χ2n) is 9.00. The molecule has 1 N–H and O–H groups in total. The van der Waals surface area contributed by atoms with Gasteiger partial charge in [0.15, 0.2) is 0 Å². The van der Waals surface area contributed by atoms with Gasteiger partial charge >= 0.3 is 0 Å². The Labute approximate surface area is 155 Å². The highest BCUT2D eigenvalue weighted by Crippen LogP contribution is 2.59. The minimum atomic E-state index is 0.0210. The van der Waals surface area contributed by atoms with E-state index in [2.05, 4.69) is 10.4 Å². The first-order valence-corrected chi connectivity index (χ1v) is 9.97. The number of carbonyl (C=O) groups excluding carboxylic acids is 1. The fourth-order valence-corrected chi connectivity index (χ4v) is 6.41. The van der Waals surface area contributed by atoms with Crippen molar-refractivity contribution in [1.82, 2.24) is 15.1 Å². The first-order chi connectivity index (χ1) is 12.6. The Morgan fingerprint density at radius 2 is 1.73 bits per heavy atom. The predicted molar refractivity (Wildman–Crippen MR) is 102 cm³/mol. The van der Waals surface area contributed by atoms with Crippen molar-refractivity contribution in [2.24, 2.45) is 30.2 Å². The molecule has 4 saturated carbocycles. The van der Waals surface area contributed by atoms with E-state index in [0.29, 0.717) is 11.0 Å². The van der Waals surface area contributed by atoms with Crippen molar-refractivity contribution in [3.63, 3.8) is 0 Å². The number of nitrogens with one attached hydrogen (secondary N) is 1. The maximum atomic E-state index is 13.0. The first kappa shape index (κ1) is 16.1. The molecular weight excluding hydrogens is 322 g/mol. The largest absolute Gasteiger partial charge is 0.351 e. The third kappa shape index (κ3) is 2.67. The zero-order chi connectivity index (χ0) is 17.7. The zero-order valence-corrected chi connectivity index (χ0v) is 15.4. The molecule has 0 spiro atoms. The van der Waals surface area contributed by atoms with Crippen LogP contribution in [-0.4, -0.2) is 22.2 Å². The maximum Gasteiger partial charge on any atom is 0.255 e. The van der Waals surface area contributed by atoms with Gasteiger partial charge in [-0.25, -0.2) is 0 Å². The number of nitrogens with zero attached hydrogens (tertiary/aromatic N) is 2. The molecule has 0 atom stereocenters. The van der Waals surface area contributed by atoms with Crippen LogP contribution in [-0.2, 0) is 7.05 Å². The number of hydrogen-bond donors (Lipinski definition) is 1. The van der Waals surface area contributed by atoms with Gasteiger partial charge < -0.3 is 5.32 Å². The molecule has 1 heterocycles. The Hall–Kier alpha value is -2.10. The fourth-order valence-electron chi connectivity index (χ4n) is 6.41. The van der Waals surface area contributed by atoms with Gasteiger partial charge in [0.25, 0.3) is 5.91 Å². The molecule has 136 valence electrons. The lowest BCUT2D eigenvalue weighted by atomic mass is 9.49. The van der Waals surface area contributed by atoms with Gasteiger partial charge in [-0.1, -0.05) is 30.3 Å². The summed E-state index contributed by atoms with van der Waals surface area (Å²) >= 11 is 0. The summed E-state index contributed by atoms with van der Waals surface area (Å²) in [5.74, 6) is 2.76. The molecule has 0 saturated heterocycles. The molecule has 4 fully saturated rings. The van der Waals surface area contributed by atoms with Gasteiger partial charge in [0.1, 0.15) is 0 Å². The Balaban J connectivity index is 1.34. The molecule has 0 aliphatic heterocycles. The number of aromatic nitrogens is 2. The van der Waals surface area contributed by atoms with E-state index >= 15 is 0 Å². The Bertz CT molecular complexity index is 788. The van der Waals surface area contributed by atoms with Crippen LogP contribution in [0.5, 0.6) is 0 Å². The standard InChI is InChI=1S/C22H27N3O/c1-25-20(18-5-3-2-4-6-18)19(13-24-25)21(26)23-14-22-10-15-7-16(11-22)9-17(8-15)12-22/h2-6,13,15-17H,7-12,14H2,1H3,(H,23,26). The molecule has 4 aliphatic carbocycles. The average Bonchev–Trinajstić information content (AvgIpc) is 3.01.